The van der Waals surface area contributed by atoms with Gasteiger partial charge in [-0.3, -0.25) is 0 Å². The van der Waals surface area contributed by atoms with Gasteiger partial charge in [0.2, 0.25) is 0 Å². The topological polar surface area (TPSA) is 20.2 Å². The van der Waals surface area contributed by atoms with Gasteiger partial charge in [-0.25, -0.2) is 0 Å². The quantitative estimate of drug-likeness (QED) is 0.448. The van der Waals surface area contributed by atoms with Gasteiger partial charge in [-0.05, 0) is 18.8 Å². The molecule has 1 heteroatoms. The molecular formula is C24H56O. The third kappa shape index (κ3) is 35.8. The molecule has 0 aliphatic heterocycles. The molecule has 25 heavy (non-hydrogen) atoms. The Hall–Kier alpha value is -0.0400. The highest BCUT2D eigenvalue weighted by atomic mass is 16.3. The van der Waals surface area contributed by atoms with Crippen molar-refractivity contribution < 1.29 is 5.11 Å². The van der Waals surface area contributed by atoms with E-state index in [0.717, 1.165) is 6.42 Å². The van der Waals surface area contributed by atoms with Gasteiger partial charge in [0.25, 0.3) is 0 Å². The monoisotopic (exact) mass is 360 g/mol. The van der Waals surface area contributed by atoms with E-state index in [4.69, 9.17) is 0 Å². The molecule has 0 radical (unpaired) electrons. The van der Waals surface area contributed by atoms with Crippen molar-refractivity contribution in [2.45, 2.75) is 152 Å². The second-order valence-electron chi connectivity index (χ2n) is 6.60. The van der Waals surface area contributed by atoms with Crippen molar-refractivity contribution in [1.82, 2.24) is 0 Å². The van der Waals surface area contributed by atoms with E-state index in [1.165, 1.54) is 77.0 Å². The Morgan fingerprint density at radius 2 is 0.960 bits per heavy atom. The lowest BCUT2D eigenvalue weighted by molar-refractivity contribution is 0.0793. The molecule has 1 N–H and O–H groups in total. The van der Waals surface area contributed by atoms with Crippen LogP contribution in [0.1, 0.15) is 146 Å². The van der Waals surface area contributed by atoms with Crippen molar-refractivity contribution in [3.63, 3.8) is 0 Å². The largest absolute Gasteiger partial charge is 0.393 e. The van der Waals surface area contributed by atoms with Crippen molar-refractivity contribution in [2.75, 3.05) is 0 Å². The highest BCUT2D eigenvalue weighted by molar-refractivity contribution is 4.69. The second-order valence-corrected chi connectivity index (χ2v) is 6.60. The van der Waals surface area contributed by atoms with Gasteiger partial charge < -0.3 is 5.11 Å². The lowest BCUT2D eigenvalue weighted by Crippen LogP contribution is -2.21. The molecule has 2 atom stereocenters. The summed E-state index contributed by atoms with van der Waals surface area (Å²) in [6.07, 6.45) is 17.4. The van der Waals surface area contributed by atoms with Gasteiger partial charge in [-0.2, -0.15) is 0 Å². The zero-order valence-electron chi connectivity index (χ0n) is 19.8. The normalized spacial score (nSPS) is 18.0. The van der Waals surface area contributed by atoms with Gasteiger partial charge in [0, 0.05) is 0 Å². The van der Waals surface area contributed by atoms with Crippen molar-refractivity contribution in [3.05, 3.63) is 0 Å². The van der Waals surface area contributed by atoms with Gasteiger partial charge in [0.05, 0.1) is 6.10 Å². The minimum absolute atomic E-state index is 0.00347. The molecule has 0 aromatic rings. The highest BCUT2D eigenvalue weighted by Crippen LogP contribution is 2.22. The number of unbranched alkanes of at least 4 members (excludes halogenated alkanes) is 7. The molecule has 0 aromatic carbocycles. The Kier molecular flexibility index (Phi) is 45.8. The molecule has 1 aliphatic carbocycles. The van der Waals surface area contributed by atoms with E-state index in [1.807, 2.05) is 27.7 Å². The van der Waals surface area contributed by atoms with E-state index in [0.29, 0.717) is 5.92 Å². The van der Waals surface area contributed by atoms with Crippen LogP contribution in [0.4, 0.5) is 0 Å². The highest BCUT2D eigenvalue weighted by Gasteiger charge is 2.17. The maximum Gasteiger partial charge on any atom is 0.0565 e. The molecule has 1 saturated carbocycles. The van der Waals surface area contributed by atoms with Crippen molar-refractivity contribution >= 4 is 0 Å². The fourth-order valence-corrected chi connectivity index (χ4v) is 2.50. The molecule has 1 nitrogen and oxygen atoms in total. The number of rotatable bonds is 7. The van der Waals surface area contributed by atoms with Crippen LogP contribution in [0.15, 0.2) is 0 Å². The molecule has 0 bridgehead atoms. The van der Waals surface area contributed by atoms with Crippen LogP contribution in [-0.4, -0.2) is 11.2 Å². The molecule has 158 valence electrons. The Morgan fingerprint density at radius 1 is 0.600 bits per heavy atom. The van der Waals surface area contributed by atoms with E-state index in [1.54, 1.807) is 0 Å². The lowest BCUT2D eigenvalue weighted by atomic mass is 9.88. The molecule has 1 fully saturated rings. The average molecular weight is 361 g/mol. The van der Waals surface area contributed by atoms with Gasteiger partial charge >= 0.3 is 0 Å². The maximum absolute atomic E-state index is 9.18. The minimum Gasteiger partial charge on any atom is -0.393 e. The molecule has 1 rings (SSSR count). The minimum atomic E-state index is 0.00347. The fourth-order valence-electron chi connectivity index (χ4n) is 2.50. The standard InChI is InChI=1S/C8H18.C7H14O.C5H12.2C2H6/c1-3-5-7-8-6-4-2;1-6-4-2-3-5-7(6)8;1-3-5-4-2;2*1-2/h3-8H2,1-2H3;6-8H,2-5H2,1H3;3-5H2,1-2H3;2*1-2H3. The van der Waals surface area contributed by atoms with Gasteiger partial charge in [-0.1, -0.05) is 133 Å². The van der Waals surface area contributed by atoms with Crippen LogP contribution >= 0.6 is 0 Å². The molecule has 0 spiro atoms. The Bertz CT molecular complexity index is 149. The summed E-state index contributed by atoms with van der Waals surface area (Å²) in [5.41, 5.74) is 0. The average Bonchev–Trinajstić information content (AvgIpc) is 2.66. The summed E-state index contributed by atoms with van der Waals surface area (Å²) in [7, 11) is 0. The molecule has 1 aliphatic rings. The van der Waals surface area contributed by atoms with Crippen molar-refractivity contribution in [2.24, 2.45) is 5.92 Å². The molecule has 0 heterocycles. The van der Waals surface area contributed by atoms with Gasteiger partial charge in [0.1, 0.15) is 0 Å². The maximum atomic E-state index is 9.18. The van der Waals surface area contributed by atoms with E-state index >= 15 is 0 Å². The molecule has 0 aromatic heterocycles. The predicted molar refractivity (Wildman–Crippen MR) is 121 cm³/mol. The summed E-state index contributed by atoms with van der Waals surface area (Å²) >= 11 is 0. The van der Waals surface area contributed by atoms with Crippen molar-refractivity contribution in [3.8, 4) is 0 Å². The first-order valence-electron chi connectivity index (χ1n) is 11.8. The van der Waals surface area contributed by atoms with Crippen LogP contribution in [0.2, 0.25) is 0 Å². The predicted octanol–water partition coefficient (Wildman–Crippen LogP) is 9.17. The van der Waals surface area contributed by atoms with Crippen LogP contribution in [0, 0.1) is 5.92 Å². The van der Waals surface area contributed by atoms with Gasteiger partial charge in [-0.15, -0.1) is 0 Å². The van der Waals surface area contributed by atoms with Crippen LogP contribution < -0.4 is 0 Å². The fraction of sp³-hybridized carbons (Fsp3) is 1.00. The third-order valence-corrected chi connectivity index (χ3v) is 4.23. The summed E-state index contributed by atoms with van der Waals surface area (Å²) in [5, 5.41) is 9.18. The summed E-state index contributed by atoms with van der Waals surface area (Å²) in [6.45, 7) is 19.1. The van der Waals surface area contributed by atoms with Crippen LogP contribution in [0.3, 0.4) is 0 Å². The van der Waals surface area contributed by atoms with Crippen molar-refractivity contribution in [1.29, 1.82) is 0 Å². The molecule has 2 unspecified atom stereocenters. The zero-order valence-corrected chi connectivity index (χ0v) is 19.8. The number of hydrogen-bond acceptors (Lipinski definition) is 1. The molecule has 0 saturated heterocycles. The van der Waals surface area contributed by atoms with E-state index in [9.17, 15) is 5.11 Å². The Morgan fingerprint density at radius 3 is 1.16 bits per heavy atom. The Labute approximate surface area is 163 Å². The first-order valence-corrected chi connectivity index (χ1v) is 11.8. The van der Waals surface area contributed by atoms with Gasteiger partial charge in [0.15, 0.2) is 0 Å². The first-order chi connectivity index (χ1) is 12.1. The number of aliphatic hydroxyl groups excluding tert-OH is 1. The SMILES string of the molecule is CC.CC.CC1CCCCC1O.CCCCC.CCCCCCCC. The first kappa shape index (κ1) is 32.6. The van der Waals surface area contributed by atoms with Crippen LogP contribution in [0.25, 0.3) is 0 Å². The third-order valence-electron chi connectivity index (χ3n) is 4.23. The number of hydrogen-bond donors (Lipinski definition) is 1. The summed E-state index contributed by atoms with van der Waals surface area (Å²) < 4.78 is 0. The molecule has 0 amide bonds. The summed E-state index contributed by atoms with van der Waals surface area (Å²) in [5.74, 6) is 0.559. The van der Waals surface area contributed by atoms with Crippen LogP contribution in [0.5, 0.6) is 0 Å². The zero-order chi connectivity index (χ0) is 20.3. The summed E-state index contributed by atoms with van der Waals surface area (Å²) in [4.78, 5) is 0. The number of aliphatic hydroxyl groups is 1. The second kappa shape index (κ2) is 35.1. The smallest absolute Gasteiger partial charge is 0.0565 e. The molecular weight excluding hydrogens is 304 g/mol. The van der Waals surface area contributed by atoms with E-state index in [2.05, 4.69) is 34.6 Å². The van der Waals surface area contributed by atoms with Crippen LogP contribution in [-0.2, 0) is 0 Å². The lowest BCUT2D eigenvalue weighted by Gasteiger charge is -2.23. The Balaban J connectivity index is -0.000000123. The summed E-state index contributed by atoms with van der Waals surface area (Å²) in [6, 6.07) is 0. The van der Waals surface area contributed by atoms with E-state index < -0.39 is 0 Å². The van der Waals surface area contributed by atoms with E-state index in [-0.39, 0.29) is 6.10 Å².